The molecule has 4 rings (SSSR count). The number of aromatic nitrogens is 3. The number of nitrogens with zero attached hydrogens (tertiary/aromatic N) is 4. The first kappa shape index (κ1) is 18.7. The molecule has 0 saturated carbocycles. The number of likely N-dealkylation sites (N-methyl/N-ethyl adjacent to an activating group) is 1. The molecule has 1 aliphatic heterocycles. The number of H-pyrrole nitrogens is 1. The zero-order valence-corrected chi connectivity index (χ0v) is 15.6. The van der Waals surface area contributed by atoms with Crippen molar-refractivity contribution >= 4 is 16.9 Å². The highest BCUT2D eigenvalue weighted by molar-refractivity contribution is 5.79. The van der Waals surface area contributed by atoms with Crippen molar-refractivity contribution in [2.75, 3.05) is 25.0 Å². The van der Waals surface area contributed by atoms with Crippen molar-refractivity contribution in [3.63, 3.8) is 0 Å². The molecule has 1 atom stereocenters. The zero-order chi connectivity index (χ0) is 19.7. The Balaban J connectivity index is 1.45. The summed E-state index contributed by atoms with van der Waals surface area (Å²) in [4.78, 5) is 15.1. The average Bonchev–Trinajstić information content (AvgIpc) is 3.15. The summed E-state index contributed by atoms with van der Waals surface area (Å²) in [5, 5.41) is 1.18. The van der Waals surface area contributed by atoms with Crippen molar-refractivity contribution in [2.24, 2.45) is 0 Å². The van der Waals surface area contributed by atoms with Crippen LogP contribution in [0.25, 0.3) is 10.9 Å². The number of benzene rings is 1. The van der Waals surface area contributed by atoms with Crippen LogP contribution in [0.15, 0.2) is 42.7 Å². The van der Waals surface area contributed by atoms with Crippen LogP contribution in [0.2, 0.25) is 0 Å². The zero-order valence-electron chi connectivity index (χ0n) is 15.6. The van der Waals surface area contributed by atoms with Gasteiger partial charge in [0.15, 0.2) is 0 Å². The first-order valence-electron chi connectivity index (χ1n) is 9.31. The molecule has 148 valence electrons. The van der Waals surface area contributed by atoms with Gasteiger partial charge in [0.2, 0.25) is 5.95 Å². The first-order chi connectivity index (χ1) is 13.4. The van der Waals surface area contributed by atoms with E-state index in [9.17, 15) is 13.2 Å². The van der Waals surface area contributed by atoms with E-state index in [4.69, 9.17) is 0 Å². The van der Waals surface area contributed by atoms with E-state index in [1.54, 1.807) is 11.9 Å². The van der Waals surface area contributed by atoms with Gasteiger partial charge in [-0.3, -0.25) is 4.90 Å². The van der Waals surface area contributed by atoms with E-state index in [1.165, 1.54) is 17.1 Å². The number of hydrogen-bond acceptors (Lipinski definition) is 4. The van der Waals surface area contributed by atoms with Gasteiger partial charge in [0, 0.05) is 44.1 Å². The molecule has 8 heteroatoms. The Labute approximate surface area is 161 Å². The molecular weight excluding hydrogens is 367 g/mol. The Bertz CT molecular complexity index is 952. The normalized spacial score (nSPS) is 18.5. The quantitative estimate of drug-likeness (QED) is 0.731. The molecule has 3 aromatic rings. The number of likely N-dealkylation sites (tertiary alicyclic amines) is 1. The lowest BCUT2D eigenvalue weighted by atomic mass is 10.0. The highest BCUT2D eigenvalue weighted by atomic mass is 19.4. The molecule has 1 aromatic carbocycles. The summed E-state index contributed by atoms with van der Waals surface area (Å²) in [6, 6.07) is 9.40. The van der Waals surface area contributed by atoms with Crippen molar-refractivity contribution < 1.29 is 13.2 Å². The highest BCUT2D eigenvalue weighted by Gasteiger charge is 2.34. The van der Waals surface area contributed by atoms with Gasteiger partial charge in [-0.15, -0.1) is 0 Å². The van der Waals surface area contributed by atoms with Gasteiger partial charge in [-0.05, 0) is 54.6 Å². The minimum Gasteiger partial charge on any atom is -0.361 e. The molecule has 5 nitrogen and oxygen atoms in total. The van der Waals surface area contributed by atoms with Gasteiger partial charge in [-0.1, -0.05) is 6.07 Å². The number of rotatable bonds is 4. The molecular formula is C20H22F3N5. The van der Waals surface area contributed by atoms with Crippen molar-refractivity contribution in [3.8, 4) is 0 Å². The van der Waals surface area contributed by atoms with Crippen LogP contribution in [-0.4, -0.2) is 46.0 Å². The number of halogens is 3. The van der Waals surface area contributed by atoms with E-state index < -0.39 is 11.9 Å². The van der Waals surface area contributed by atoms with E-state index in [0.29, 0.717) is 0 Å². The molecule has 1 aliphatic rings. The fraction of sp³-hybridized carbons (Fsp3) is 0.400. The molecule has 0 bridgehead atoms. The maximum absolute atomic E-state index is 12.9. The molecule has 0 aliphatic carbocycles. The molecule has 2 aromatic heterocycles. The Morgan fingerprint density at radius 3 is 2.93 bits per heavy atom. The van der Waals surface area contributed by atoms with Crippen molar-refractivity contribution in [1.29, 1.82) is 0 Å². The lowest BCUT2D eigenvalue weighted by Gasteiger charge is -2.37. The summed E-state index contributed by atoms with van der Waals surface area (Å²) in [5.74, 6) is 0.121. The summed E-state index contributed by atoms with van der Waals surface area (Å²) in [7, 11) is 1.77. The standard InChI is InChI=1S/C20H22F3N5/c1-27(19-25-9-7-18(26-19)20(21,22)23)16-3-2-10-28(13-16)12-14-4-5-17-15(11-14)6-8-24-17/h4-9,11,16,24H,2-3,10,12-13H2,1H3. The Kier molecular flexibility index (Phi) is 4.97. The van der Waals surface area contributed by atoms with Crippen LogP contribution < -0.4 is 4.90 Å². The molecule has 3 heterocycles. The van der Waals surface area contributed by atoms with Gasteiger partial charge in [-0.25, -0.2) is 9.97 Å². The summed E-state index contributed by atoms with van der Waals surface area (Å²) < 4.78 is 38.8. The molecule has 1 fully saturated rings. The van der Waals surface area contributed by atoms with E-state index in [2.05, 4.69) is 44.1 Å². The molecule has 28 heavy (non-hydrogen) atoms. The molecule has 1 unspecified atom stereocenters. The summed E-state index contributed by atoms with van der Waals surface area (Å²) >= 11 is 0. The predicted octanol–water partition coefficient (Wildman–Crippen LogP) is 4.08. The number of fused-ring (bicyclic) bond motifs is 1. The molecule has 0 spiro atoms. The van der Waals surface area contributed by atoms with Gasteiger partial charge in [0.1, 0.15) is 5.69 Å². The number of aromatic amines is 1. The Hall–Kier alpha value is -2.61. The third-order valence-electron chi connectivity index (χ3n) is 5.30. The molecule has 1 N–H and O–H groups in total. The third kappa shape index (κ3) is 3.96. The minimum atomic E-state index is -4.46. The van der Waals surface area contributed by atoms with Crippen LogP contribution in [0.4, 0.5) is 19.1 Å². The van der Waals surface area contributed by atoms with Gasteiger partial charge in [-0.2, -0.15) is 13.2 Å². The Morgan fingerprint density at radius 2 is 2.11 bits per heavy atom. The summed E-state index contributed by atoms with van der Waals surface area (Å²) in [6.45, 7) is 2.55. The topological polar surface area (TPSA) is 48.1 Å². The van der Waals surface area contributed by atoms with Crippen LogP contribution >= 0.6 is 0 Å². The third-order valence-corrected chi connectivity index (χ3v) is 5.30. The number of hydrogen-bond donors (Lipinski definition) is 1. The summed E-state index contributed by atoms with van der Waals surface area (Å²) in [5.41, 5.74) is 1.43. The highest BCUT2D eigenvalue weighted by Crippen LogP contribution is 2.29. The fourth-order valence-electron chi connectivity index (χ4n) is 3.79. The smallest absolute Gasteiger partial charge is 0.361 e. The van der Waals surface area contributed by atoms with Gasteiger partial charge in [0.05, 0.1) is 0 Å². The van der Waals surface area contributed by atoms with Crippen LogP contribution in [0.5, 0.6) is 0 Å². The van der Waals surface area contributed by atoms with E-state index in [1.807, 2.05) is 6.20 Å². The second-order valence-electron chi connectivity index (χ2n) is 7.28. The lowest BCUT2D eigenvalue weighted by molar-refractivity contribution is -0.141. The van der Waals surface area contributed by atoms with Crippen LogP contribution in [0.1, 0.15) is 24.1 Å². The van der Waals surface area contributed by atoms with Crippen LogP contribution in [-0.2, 0) is 12.7 Å². The maximum atomic E-state index is 12.9. The predicted molar refractivity (Wildman–Crippen MR) is 102 cm³/mol. The van der Waals surface area contributed by atoms with Crippen molar-refractivity contribution in [1.82, 2.24) is 19.9 Å². The van der Waals surface area contributed by atoms with Gasteiger partial charge >= 0.3 is 6.18 Å². The second-order valence-corrected chi connectivity index (χ2v) is 7.28. The SMILES string of the molecule is CN(c1nccc(C(F)(F)F)n1)C1CCCN(Cc2ccc3[nH]ccc3c2)C1. The average molecular weight is 389 g/mol. The number of nitrogens with one attached hydrogen (secondary N) is 1. The number of piperidine rings is 1. The lowest BCUT2D eigenvalue weighted by Crippen LogP contribution is -2.46. The maximum Gasteiger partial charge on any atom is 0.433 e. The fourth-order valence-corrected chi connectivity index (χ4v) is 3.79. The van der Waals surface area contributed by atoms with E-state index >= 15 is 0 Å². The monoisotopic (exact) mass is 389 g/mol. The van der Waals surface area contributed by atoms with Crippen LogP contribution in [0.3, 0.4) is 0 Å². The van der Waals surface area contributed by atoms with Crippen LogP contribution in [0, 0.1) is 0 Å². The minimum absolute atomic E-state index is 0.0771. The van der Waals surface area contributed by atoms with Gasteiger partial charge in [0.25, 0.3) is 0 Å². The molecule has 1 saturated heterocycles. The number of anilines is 1. The summed E-state index contributed by atoms with van der Waals surface area (Å²) in [6.07, 6.45) is 0.529. The number of alkyl halides is 3. The Morgan fingerprint density at radius 1 is 1.25 bits per heavy atom. The van der Waals surface area contributed by atoms with E-state index in [0.717, 1.165) is 44.1 Å². The second kappa shape index (κ2) is 7.43. The molecule has 0 radical (unpaired) electrons. The van der Waals surface area contributed by atoms with Gasteiger partial charge < -0.3 is 9.88 Å². The van der Waals surface area contributed by atoms with Crippen molar-refractivity contribution in [3.05, 3.63) is 54.0 Å². The van der Waals surface area contributed by atoms with E-state index in [-0.39, 0.29) is 12.0 Å². The largest absolute Gasteiger partial charge is 0.433 e. The first-order valence-corrected chi connectivity index (χ1v) is 9.31. The van der Waals surface area contributed by atoms with Crippen molar-refractivity contribution in [2.45, 2.75) is 31.6 Å². The molecule has 0 amide bonds.